The van der Waals surface area contributed by atoms with E-state index in [1.54, 1.807) is 6.08 Å². The third kappa shape index (κ3) is 5.85. The molecule has 1 N–H and O–H groups in total. The zero-order chi connectivity index (χ0) is 28.1. The summed E-state index contributed by atoms with van der Waals surface area (Å²) in [6.45, 7) is 0.792. The number of carbonyl (C=O) groups is 2. The molecule has 1 aromatic carbocycles. The van der Waals surface area contributed by atoms with Crippen molar-refractivity contribution in [3.63, 3.8) is 0 Å². The number of sulfone groups is 1. The van der Waals surface area contributed by atoms with Crippen molar-refractivity contribution in [2.75, 3.05) is 44.9 Å². The lowest BCUT2D eigenvalue weighted by atomic mass is 9.85. The maximum absolute atomic E-state index is 13.3. The van der Waals surface area contributed by atoms with Crippen LogP contribution in [0.3, 0.4) is 0 Å². The van der Waals surface area contributed by atoms with Crippen molar-refractivity contribution >= 4 is 37.6 Å². The molecule has 3 fully saturated rings. The molecule has 214 valence electrons. The van der Waals surface area contributed by atoms with Gasteiger partial charge in [-0.1, -0.05) is 24.3 Å². The monoisotopic (exact) mass is 578 g/mol. The predicted molar refractivity (Wildman–Crippen MR) is 149 cm³/mol. The minimum Gasteiger partial charge on any atom is -0.349 e. The molecule has 12 heteroatoms. The molecule has 39 heavy (non-hydrogen) atoms. The zero-order valence-electron chi connectivity index (χ0n) is 22.7. The van der Waals surface area contributed by atoms with E-state index < -0.39 is 31.9 Å². The van der Waals surface area contributed by atoms with Gasteiger partial charge in [-0.05, 0) is 63.4 Å². The van der Waals surface area contributed by atoms with Gasteiger partial charge in [0, 0.05) is 37.3 Å². The molecule has 0 radical (unpaired) electrons. The highest BCUT2D eigenvalue weighted by Gasteiger charge is 2.43. The second kappa shape index (κ2) is 10.7. The Balaban J connectivity index is 1.23. The van der Waals surface area contributed by atoms with Crippen LogP contribution in [-0.4, -0.2) is 112 Å². The summed E-state index contributed by atoms with van der Waals surface area (Å²) in [5.74, 6) is -0.634. The topological polar surface area (TPSA) is 124 Å². The summed E-state index contributed by atoms with van der Waals surface area (Å²) in [6.07, 6.45) is 6.57. The van der Waals surface area contributed by atoms with E-state index >= 15 is 0 Å². The number of sulfonamides is 1. The van der Waals surface area contributed by atoms with Gasteiger partial charge in [0.15, 0.2) is 15.6 Å². The van der Waals surface area contributed by atoms with E-state index in [0.29, 0.717) is 13.0 Å². The summed E-state index contributed by atoms with van der Waals surface area (Å²) in [5.41, 5.74) is 1.95. The third-order valence-corrected chi connectivity index (χ3v) is 11.8. The van der Waals surface area contributed by atoms with Crippen molar-refractivity contribution in [3.8, 4) is 0 Å². The van der Waals surface area contributed by atoms with Gasteiger partial charge in [0.25, 0.3) is 5.91 Å². The summed E-state index contributed by atoms with van der Waals surface area (Å²) in [4.78, 5) is 30.8. The molecule has 1 aromatic rings. The van der Waals surface area contributed by atoms with E-state index in [1.165, 1.54) is 4.31 Å². The number of carbonyl (C=O) groups excluding carboxylic acids is 2. The number of likely N-dealkylation sites (N-methyl/N-ethyl adjacent to an activating group) is 1. The summed E-state index contributed by atoms with van der Waals surface area (Å²) in [6, 6.07) is 6.98. The van der Waals surface area contributed by atoms with E-state index in [0.717, 1.165) is 43.1 Å². The second-order valence-corrected chi connectivity index (χ2v) is 15.8. The fourth-order valence-corrected chi connectivity index (χ4v) is 9.91. The van der Waals surface area contributed by atoms with Crippen molar-refractivity contribution in [2.45, 2.75) is 62.3 Å². The minimum atomic E-state index is -3.55. The first-order chi connectivity index (χ1) is 18.3. The molecule has 5 rings (SSSR count). The van der Waals surface area contributed by atoms with Crippen LogP contribution in [0.15, 0.2) is 29.8 Å². The smallest absolute Gasteiger partial charge is 0.255 e. The van der Waals surface area contributed by atoms with Crippen molar-refractivity contribution in [1.82, 2.24) is 19.4 Å². The fourth-order valence-electron chi connectivity index (χ4n) is 6.95. The maximum Gasteiger partial charge on any atom is 0.255 e. The minimum absolute atomic E-state index is 0.0276. The molecule has 4 atom stereocenters. The number of amides is 1. The number of benzene rings is 1. The van der Waals surface area contributed by atoms with E-state index in [2.05, 4.69) is 10.2 Å². The molecule has 3 heterocycles. The Morgan fingerprint density at radius 1 is 1.10 bits per heavy atom. The normalized spacial score (nSPS) is 30.4. The van der Waals surface area contributed by atoms with Crippen LogP contribution in [0.1, 0.15) is 49.3 Å². The molecule has 2 bridgehead atoms. The molecule has 4 aliphatic rings. The average Bonchev–Trinajstić information content (AvgIpc) is 3.31. The van der Waals surface area contributed by atoms with Gasteiger partial charge in [-0.2, -0.15) is 4.31 Å². The quantitative estimate of drug-likeness (QED) is 0.450. The zero-order valence-corrected chi connectivity index (χ0v) is 24.4. The number of piperidine rings is 1. The number of hydrogen-bond donors (Lipinski definition) is 1. The van der Waals surface area contributed by atoms with Gasteiger partial charge in [0.05, 0.1) is 29.4 Å². The van der Waals surface area contributed by atoms with Gasteiger partial charge in [-0.3, -0.25) is 19.4 Å². The molecule has 0 spiro atoms. The first kappa shape index (κ1) is 28.4. The molecule has 1 amide bonds. The third-order valence-electron chi connectivity index (χ3n) is 8.71. The molecule has 0 saturated carbocycles. The SMILES string of the molecule is CN(C)C1C(=O)C(C(=O)NC2CC3CCC(C2)N3CCN(C2CCS(=O)(=O)C2)S(C)(=O)=O)=Cc2ccccc21. The van der Waals surface area contributed by atoms with E-state index in [4.69, 9.17) is 0 Å². The lowest BCUT2D eigenvalue weighted by Gasteiger charge is -2.40. The van der Waals surface area contributed by atoms with E-state index in [1.807, 2.05) is 43.3 Å². The summed E-state index contributed by atoms with van der Waals surface area (Å²) in [7, 11) is -3.07. The van der Waals surface area contributed by atoms with Gasteiger partial charge >= 0.3 is 0 Å². The van der Waals surface area contributed by atoms with Gasteiger partial charge in [-0.25, -0.2) is 16.8 Å². The number of ketones is 1. The fraction of sp³-hybridized carbons (Fsp3) is 0.630. The highest BCUT2D eigenvalue weighted by atomic mass is 32.2. The summed E-state index contributed by atoms with van der Waals surface area (Å²) < 4.78 is 50.3. The summed E-state index contributed by atoms with van der Waals surface area (Å²) in [5, 5.41) is 3.13. The number of Topliss-reactive ketones (excluding diaryl/α,β-unsaturated/α-hetero) is 1. The predicted octanol–water partition coefficient (Wildman–Crippen LogP) is 0.816. The Bertz CT molecular complexity index is 1380. The standard InChI is InChI=1S/C27H38N4O6S2/c1-29(2)25-23-7-5-4-6-18(23)14-24(26(25)32)27(33)28-19-15-20-8-9-21(16-19)30(20)11-12-31(38(3,34)35)22-10-13-39(36,37)17-22/h4-7,14,19-22,25H,8-13,15-17H2,1-3H3,(H,28,33). The van der Waals surface area contributed by atoms with E-state index in [-0.39, 0.29) is 53.4 Å². The van der Waals surface area contributed by atoms with E-state index in [9.17, 15) is 26.4 Å². The summed E-state index contributed by atoms with van der Waals surface area (Å²) >= 11 is 0. The van der Waals surface area contributed by atoms with Crippen LogP contribution in [-0.2, 0) is 29.4 Å². The van der Waals surface area contributed by atoms with Gasteiger partial charge in [0.2, 0.25) is 10.0 Å². The number of rotatable bonds is 8. The van der Waals surface area contributed by atoms with Crippen LogP contribution >= 0.6 is 0 Å². The Labute approximate surface area is 231 Å². The molecular formula is C27H38N4O6S2. The molecule has 0 aromatic heterocycles. The van der Waals surface area contributed by atoms with Crippen LogP contribution in [0.5, 0.6) is 0 Å². The van der Waals surface area contributed by atoms with Crippen LogP contribution in [0.25, 0.3) is 6.08 Å². The number of fused-ring (bicyclic) bond motifs is 3. The van der Waals surface area contributed by atoms with Gasteiger partial charge in [0.1, 0.15) is 0 Å². The van der Waals surface area contributed by atoms with Crippen LogP contribution in [0.4, 0.5) is 0 Å². The number of nitrogens with zero attached hydrogens (tertiary/aromatic N) is 3. The van der Waals surface area contributed by atoms with Crippen LogP contribution in [0.2, 0.25) is 0 Å². The average molecular weight is 579 g/mol. The largest absolute Gasteiger partial charge is 0.349 e. The van der Waals surface area contributed by atoms with Gasteiger partial charge in [-0.15, -0.1) is 0 Å². The highest BCUT2D eigenvalue weighted by molar-refractivity contribution is 7.92. The molecule has 1 aliphatic carbocycles. The molecule has 3 aliphatic heterocycles. The molecule has 4 unspecified atom stereocenters. The van der Waals surface area contributed by atoms with Crippen LogP contribution in [0, 0.1) is 0 Å². The lowest BCUT2D eigenvalue weighted by Crippen LogP contribution is -2.53. The van der Waals surface area contributed by atoms with Crippen molar-refractivity contribution < 1.29 is 26.4 Å². The Kier molecular flexibility index (Phi) is 7.79. The lowest BCUT2D eigenvalue weighted by molar-refractivity contribution is -0.125. The Hall–Kier alpha value is -2.12. The number of nitrogens with one attached hydrogen (secondary N) is 1. The van der Waals surface area contributed by atoms with Gasteiger partial charge < -0.3 is 5.32 Å². The van der Waals surface area contributed by atoms with Crippen LogP contribution < -0.4 is 5.32 Å². The second-order valence-electron chi connectivity index (χ2n) is 11.6. The Morgan fingerprint density at radius 3 is 2.36 bits per heavy atom. The van der Waals surface area contributed by atoms with Crippen molar-refractivity contribution in [2.24, 2.45) is 0 Å². The Morgan fingerprint density at radius 2 is 1.77 bits per heavy atom. The maximum atomic E-state index is 13.3. The molecular weight excluding hydrogens is 540 g/mol. The molecule has 10 nitrogen and oxygen atoms in total. The highest BCUT2D eigenvalue weighted by Crippen LogP contribution is 2.37. The first-order valence-corrected chi connectivity index (χ1v) is 17.3. The van der Waals surface area contributed by atoms with Crippen molar-refractivity contribution in [3.05, 3.63) is 41.0 Å². The molecule has 3 saturated heterocycles. The van der Waals surface area contributed by atoms with Crippen molar-refractivity contribution in [1.29, 1.82) is 0 Å². The first-order valence-electron chi connectivity index (χ1n) is 13.6. The number of hydrogen-bond acceptors (Lipinski definition) is 8.